The summed E-state index contributed by atoms with van der Waals surface area (Å²) in [6, 6.07) is 4.15. The smallest absolute Gasteiger partial charge is 0.343 e. The van der Waals surface area contributed by atoms with Gasteiger partial charge in [-0.25, -0.2) is 14.3 Å². The molecule has 1 aromatic heterocycles. The quantitative estimate of drug-likeness (QED) is 0.252. The summed E-state index contributed by atoms with van der Waals surface area (Å²) in [6.45, 7) is 2.33. The maximum absolute atomic E-state index is 13.5. The van der Waals surface area contributed by atoms with E-state index in [-0.39, 0.29) is 11.5 Å². The molecule has 0 unspecified atom stereocenters. The number of rotatable bonds is 5. The Labute approximate surface area is 123 Å². The zero-order valence-corrected chi connectivity index (χ0v) is 12.0. The van der Waals surface area contributed by atoms with Crippen molar-refractivity contribution in [2.75, 3.05) is 0 Å². The van der Waals surface area contributed by atoms with Gasteiger partial charge in [-0.15, -0.1) is 5.10 Å². The van der Waals surface area contributed by atoms with Gasteiger partial charge in [-0.05, 0) is 30.7 Å². The minimum atomic E-state index is -0.482. The fraction of sp³-hybridized carbons (Fsp3) is 0.250. The van der Waals surface area contributed by atoms with Gasteiger partial charge < -0.3 is 10.9 Å². The molecule has 0 spiro atoms. The molecule has 0 atom stereocenters. The summed E-state index contributed by atoms with van der Waals surface area (Å²) < 4.78 is 15.0. The molecule has 0 radical (unpaired) electrons. The molecule has 4 N–H and O–H groups in total. The van der Waals surface area contributed by atoms with Crippen LogP contribution in [0.2, 0.25) is 0 Å². The zero-order chi connectivity index (χ0) is 15.4. The third kappa shape index (κ3) is 3.43. The first-order chi connectivity index (χ1) is 10.0. The molecular formula is C12H14FN5O2S. The van der Waals surface area contributed by atoms with Crippen molar-refractivity contribution in [3.8, 4) is 0 Å². The molecule has 1 aromatic carbocycles. The predicted octanol–water partition coefficient (Wildman–Crippen LogP) is 1.12. The number of oxime groups is 1. The van der Waals surface area contributed by atoms with Crippen LogP contribution in [0.1, 0.15) is 18.1 Å². The number of aromatic nitrogens is 3. The lowest BCUT2D eigenvalue weighted by Gasteiger charge is -2.05. The van der Waals surface area contributed by atoms with Crippen LogP contribution in [0.3, 0.4) is 0 Å². The molecule has 0 aliphatic rings. The van der Waals surface area contributed by atoms with E-state index in [2.05, 4.69) is 15.4 Å². The van der Waals surface area contributed by atoms with Gasteiger partial charge in [0.05, 0.1) is 0 Å². The fourth-order valence-corrected chi connectivity index (χ4v) is 2.72. The highest BCUT2D eigenvalue weighted by Crippen LogP contribution is 2.21. The summed E-state index contributed by atoms with van der Waals surface area (Å²) >= 11 is 1.29. The van der Waals surface area contributed by atoms with E-state index in [1.165, 1.54) is 28.5 Å². The highest BCUT2D eigenvalue weighted by molar-refractivity contribution is 7.98. The molecule has 0 saturated heterocycles. The van der Waals surface area contributed by atoms with Gasteiger partial charge in [0.25, 0.3) is 0 Å². The number of nitrogens with two attached hydrogens (primary N) is 1. The highest BCUT2D eigenvalue weighted by Gasteiger charge is 2.09. The van der Waals surface area contributed by atoms with E-state index in [1.807, 2.05) is 6.92 Å². The van der Waals surface area contributed by atoms with E-state index in [1.54, 1.807) is 6.07 Å². The van der Waals surface area contributed by atoms with Gasteiger partial charge in [0.15, 0.2) is 11.0 Å². The lowest BCUT2D eigenvalue weighted by atomic mass is 10.1. The normalized spacial score (nSPS) is 11.8. The molecule has 112 valence electrons. The van der Waals surface area contributed by atoms with Crippen molar-refractivity contribution in [3.05, 3.63) is 45.6 Å². The second-order valence-electron chi connectivity index (χ2n) is 4.18. The maximum Gasteiger partial charge on any atom is 0.343 e. The minimum Gasteiger partial charge on any atom is -0.409 e. The van der Waals surface area contributed by atoms with Crippen LogP contribution in [0.5, 0.6) is 0 Å². The Balaban J connectivity index is 2.20. The molecule has 0 amide bonds. The molecule has 2 rings (SSSR count). The third-order valence-corrected chi connectivity index (χ3v) is 3.82. The molecule has 21 heavy (non-hydrogen) atoms. The van der Waals surface area contributed by atoms with Crippen LogP contribution in [0, 0.1) is 5.82 Å². The Morgan fingerprint density at radius 1 is 1.57 bits per heavy atom. The van der Waals surface area contributed by atoms with Gasteiger partial charge in [0.2, 0.25) is 0 Å². The van der Waals surface area contributed by atoms with E-state index in [9.17, 15) is 9.18 Å². The topological polar surface area (TPSA) is 109 Å². The maximum atomic E-state index is 13.5. The van der Waals surface area contributed by atoms with Gasteiger partial charge in [-0.1, -0.05) is 16.9 Å². The molecule has 0 bridgehead atoms. The lowest BCUT2D eigenvalue weighted by Crippen LogP contribution is -2.16. The molecule has 0 aliphatic heterocycles. The highest BCUT2D eigenvalue weighted by atomic mass is 32.2. The van der Waals surface area contributed by atoms with E-state index < -0.39 is 5.82 Å². The minimum absolute atomic E-state index is 0.161. The van der Waals surface area contributed by atoms with Crippen molar-refractivity contribution in [1.29, 1.82) is 0 Å². The first kappa shape index (κ1) is 15.1. The Morgan fingerprint density at radius 3 is 3.00 bits per heavy atom. The summed E-state index contributed by atoms with van der Waals surface area (Å²) in [5.41, 5.74) is 6.10. The van der Waals surface area contributed by atoms with Crippen LogP contribution in [-0.2, 0) is 12.3 Å². The Bertz CT molecular complexity index is 725. The first-order valence-electron chi connectivity index (χ1n) is 6.10. The van der Waals surface area contributed by atoms with Crippen LogP contribution in [-0.4, -0.2) is 25.8 Å². The van der Waals surface area contributed by atoms with E-state index in [0.29, 0.717) is 28.6 Å². The number of thioether (sulfide) groups is 1. The Morgan fingerprint density at radius 2 is 2.33 bits per heavy atom. The Kier molecular flexibility index (Phi) is 4.63. The van der Waals surface area contributed by atoms with Crippen LogP contribution in [0.25, 0.3) is 0 Å². The lowest BCUT2D eigenvalue weighted by molar-refractivity contribution is 0.318. The monoisotopic (exact) mass is 311 g/mol. The van der Waals surface area contributed by atoms with Crippen molar-refractivity contribution >= 4 is 17.6 Å². The van der Waals surface area contributed by atoms with Crippen LogP contribution in [0.4, 0.5) is 4.39 Å². The number of aromatic amines is 1. The molecule has 2 aromatic rings. The number of amidine groups is 1. The van der Waals surface area contributed by atoms with Crippen molar-refractivity contribution in [1.82, 2.24) is 14.8 Å². The average Bonchev–Trinajstić information content (AvgIpc) is 2.83. The average molecular weight is 311 g/mol. The number of hydrogen-bond donors (Lipinski definition) is 3. The largest absolute Gasteiger partial charge is 0.409 e. The van der Waals surface area contributed by atoms with E-state index >= 15 is 0 Å². The summed E-state index contributed by atoms with van der Waals surface area (Å²) in [5.74, 6) is -0.246. The van der Waals surface area contributed by atoms with Gasteiger partial charge >= 0.3 is 5.69 Å². The van der Waals surface area contributed by atoms with Crippen LogP contribution >= 0.6 is 11.8 Å². The van der Waals surface area contributed by atoms with E-state index in [4.69, 9.17) is 10.9 Å². The standard InChI is InChI=1S/C12H14FN5O2S/c1-2-18-11(19)15-16-12(18)21-6-7-3-8(10(14)17-20)5-9(13)4-7/h3-5,20H,2,6H2,1H3,(H2,14,17)(H,15,19). The summed E-state index contributed by atoms with van der Waals surface area (Å²) in [6.07, 6.45) is 0. The van der Waals surface area contributed by atoms with Crippen LogP contribution in [0.15, 0.2) is 33.3 Å². The zero-order valence-electron chi connectivity index (χ0n) is 11.2. The van der Waals surface area contributed by atoms with Crippen molar-refractivity contribution in [3.63, 3.8) is 0 Å². The van der Waals surface area contributed by atoms with Crippen molar-refractivity contribution in [2.24, 2.45) is 10.9 Å². The Hall–Kier alpha value is -2.29. The molecule has 0 fully saturated rings. The number of benzene rings is 1. The van der Waals surface area contributed by atoms with Gasteiger partial charge in [-0.3, -0.25) is 4.57 Å². The summed E-state index contributed by atoms with van der Waals surface area (Å²) in [5, 5.41) is 18.3. The number of H-pyrrole nitrogens is 1. The van der Waals surface area contributed by atoms with E-state index in [0.717, 1.165) is 0 Å². The summed E-state index contributed by atoms with van der Waals surface area (Å²) in [4.78, 5) is 11.4. The van der Waals surface area contributed by atoms with Gasteiger partial charge in [0, 0.05) is 17.9 Å². The van der Waals surface area contributed by atoms with Gasteiger partial charge in [0.1, 0.15) is 5.82 Å². The second kappa shape index (κ2) is 6.44. The molecular weight excluding hydrogens is 297 g/mol. The molecule has 0 aliphatic carbocycles. The molecule has 7 nitrogen and oxygen atoms in total. The summed E-state index contributed by atoms with van der Waals surface area (Å²) in [7, 11) is 0. The van der Waals surface area contributed by atoms with Crippen molar-refractivity contribution in [2.45, 2.75) is 24.4 Å². The number of halogens is 1. The second-order valence-corrected chi connectivity index (χ2v) is 5.12. The predicted molar refractivity (Wildman–Crippen MR) is 77.0 cm³/mol. The number of nitrogens with zero attached hydrogens (tertiary/aromatic N) is 3. The number of hydrogen-bond acceptors (Lipinski definition) is 5. The van der Waals surface area contributed by atoms with Crippen molar-refractivity contribution < 1.29 is 9.60 Å². The van der Waals surface area contributed by atoms with Crippen LogP contribution < -0.4 is 11.4 Å². The molecule has 0 saturated carbocycles. The van der Waals surface area contributed by atoms with Gasteiger partial charge in [-0.2, -0.15) is 0 Å². The molecule has 1 heterocycles. The fourth-order valence-electron chi connectivity index (χ4n) is 1.78. The SMILES string of the molecule is CCn1c(SCc2cc(F)cc(/C(N)=N/O)c2)n[nH]c1=O. The number of nitrogens with one attached hydrogen (secondary N) is 1. The first-order valence-corrected chi connectivity index (χ1v) is 7.09. The molecule has 9 heteroatoms. The third-order valence-electron chi connectivity index (χ3n) is 2.77.